The van der Waals surface area contributed by atoms with Gasteiger partial charge in [-0.05, 0) is 57.9 Å². The van der Waals surface area contributed by atoms with Crippen molar-refractivity contribution in [3.05, 3.63) is 48.2 Å². The van der Waals surface area contributed by atoms with Crippen LogP contribution in [0.1, 0.15) is 58.7 Å². The van der Waals surface area contributed by atoms with Crippen molar-refractivity contribution in [3.63, 3.8) is 0 Å². The van der Waals surface area contributed by atoms with Crippen LogP contribution >= 0.6 is 0 Å². The minimum atomic E-state index is -0.640. The monoisotopic (exact) mass is 507 g/mol. The molecule has 1 aliphatic heterocycles. The molecule has 2 bridgehead atoms. The highest BCUT2D eigenvalue weighted by Crippen LogP contribution is 2.34. The smallest absolute Gasteiger partial charge is 0.411 e. The average molecular weight is 508 g/mol. The summed E-state index contributed by atoms with van der Waals surface area (Å²) in [6, 6.07) is 12.5. The Morgan fingerprint density at radius 1 is 1.11 bits per heavy atom. The minimum absolute atomic E-state index is 0.148. The van der Waals surface area contributed by atoms with Gasteiger partial charge in [0.1, 0.15) is 5.60 Å². The SMILES string of the molecule is COC(=O)Nc1ccc2c(c1)NC(=O)[C@H](C)CCC[C@H](NC(=O)OC(C)(C)C)c1nn-2c2ccccc12. The van der Waals surface area contributed by atoms with Crippen molar-refractivity contribution in [3.8, 4) is 5.69 Å². The third-order valence-corrected chi connectivity index (χ3v) is 6.13. The van der Waals surface area contributed by atoms with E-state index in [4.69, 9.17) is 14.6 Å². The molecule has 3 N–H and O–H groups in total. The molecule has 1 aromatic heterocycles. The predicted molar refractivity (Wildman–Crippen MR) is 141 cm³/mol. The third-order valence-electron chi connectivity index (χ3n) is 6.13. The highest BCUT2D eigenvalue weighted by Gasteiger charge is 2.27. The summed E-state index contributed by atoms with van der Waals surface area (Å²) in [5.41, 5.74) is 2.46. The van der Waals surface area contributed by atoms with Gasteiger partial charge < -0.3 is 20.1 Å². The van der Waals surface area contributed by atoms with E-state index >= 15 is 0 Å². The zero-order valence-corrected chi connectivity index (χ0v) is 21.8. The lowest BCUT2D eigenvalue weighted by Gasteiger charge is -2.24. The molecule has 0 aliphatic carbocycles. The summed E-state index contributed by atoms with van der Waals surface area (Å²) in [6.45, 7) is 7.32. The van der Waals surface area contributed by atoms with Crippen LogP contribution < -0.4 is 16.0 Å². The summed E-state index contributed by atoms with van der Waals surface area (Å²) in [6.07, 6.45) is 0.759. The Bertz CT molecular complexity index is 1330. The van der Waals surface area contributed by atoms with Crippen LogP contribution in [-0.2, 0) is 14.3 Å². The van der Waals surface area contributed by atoms with E-state index in [0.29, 0.717) is 42.0 Å². The first-order chi connectivity index (χ1) is 17.6. The first kappa shape index (κ1) is 26.0. The number of carbonyl (C=O) groups excluding carboxylic acids is 3. The summed E-state index contributed by atoms with van der Waals surface area (Å²) in [5, 5.41) is 14.5. The molecular weight excluding hydrogens is 474 g/mol. The highest BCUT2D eigenvalue weighted by molar-refractivity contribution is 5.97. The number of para-hydroxylation sites is 1. The number of carbonyl (C=O) groups is 3. The van der Waals surface area contributed by atoms with Crippen molar-refractivity contribution >= 4 is 40.4 Å². The third kappa shape index (κ3) is 6.02. The zero-order valence-electron chi connectivity index (χ0n) is 21.8. The Morgan fingerprint density at radius 2 is 1.86 bits per heavy atom. The van der Waals surface area contributed by atoms with Gasteiger partial charge in [0.05, 0.1) is 35.7 Å². The standard InChI is InChI=1S/C27H33N5O5/c1-16-9-8-11-19(30-26(35)37-27(2,3)4)23-18-10-6-7-12-21(18)32(31-23)22-14-13-17(28-25(34)36-5)15-20(22)29-24(16)33/h6-7,10,12-16,19H,8-9,11H2,1-5H3,(H,28,34)(H,29,33)(H,30,35)/t16-,19+/m1/s1. The molecule has 3 amide bonds. The molecule has 0 saturated heterocycles. The van der Waals surface area contributed by atoms with Crippen molar-refractivity contribution in [1.29, 1.82) is 0 Å². The van der Waals surface area contributed by atoms with E-state index in [2.05, 4.69) is 16.0 Å². The van der Waals surface area contributed by atoms with Crippen LogP contribution in [0.15, 0.2) is 42.5 Å². The first-order valence-corrected chi connectivity index (χ1v) is 12.3. The molecular formula is C27H33N5O5. The van der Waals surface area contributed by atoms with Crippen LogP contribution in [0, 0.1) is 5.92 Å². The van der Waals surface area contributed by atoms with Gasteiger partial charge in [-0.25, -0.2) is 14.3 Å². The van der Waals surface area contributed by atoms with E-state index in [1.165, 1.54) is 7.11 Å². The Balaban J connectivity index is 1.85. The van der Waals surface area contributed by atoms with Gasteiger partial charge in [-0.15, -0.1) is 0 Å². The molecule has 0 saturated carbocycles. The van der Waals surface area contributed by atoms with Gasteiger partial charge in [0, 0.05) is 17.0 Å². The van der Waals surface area contributed by atoms with Crippen molar-refractivity contribution in [2.45, 2.75) is 58.6 Å². The quantitative estimate of drug-likeness (QED) is 0.419. The zero-order chi connectivity index (χ0) is 26.7. The van der Waals surface area contributed by atoms with Crippen LogP contribution in [0.4, 0.5) is 21.0 Å². The normalized spacial score (nSPS) is 18.0. The number of hydrogen-bond acceptors (Lipinski definition) is 6. The molecule has 0 spiro atoms. The van der Waals surface area contributed by atoms with Crippen molar-refractivity contribution < 1.29 is 23.9 Å². The predicted octanol–water partition coefficient (Wildman–Crippen LogP) is 5.53. The fourth-order valence-electron chi connectivity index (χ4n) is 4.34. The molecule has 0 unspecified atom stereocenters. The number of nitrogens with one attached hydrogen (secondary N) is 3. The maximum atomic E-state index is 13.1. The number of ether oxygens (including phenoxy) is 2. The van der Waals surface area contributed by atoms with Gasteiger partial charge in [0.25, 0.3) is 0 Å². The van der Waals surface area contributed by atoms with Gasteiger partial charge in [-0.3, -0.25) is 10.1 Å². The number of methoxy groups -OCH3 is 1. The van der Waals surface area contributed by atoms with E-state index in [1.807, 2.05) is 52.0 Å². The fourth-order valence-corrected chi connectivity index (χ4v) is 4.34. The van der Waals surface area contributed by atoms with Crippen LogP contribution in [-0.4, -0.2) is 40.6 Å². The largest absolute Gasteiger partial charge is 0.453 e. The first-order valence-electron chi connectivity index (χ1n) is 12.3. The Kier molecular flexibility index (Phi) is 7.37. The summed E-state index contributed by atoms with van der Waals surface area (Å²) in [7, 11) is 1.28. The van der Waals surface area contributed by atoms with Gasteiger partial charge in [0.2, 0.25) is 5.91 Å². The van der Waals surface area contributed by atoms with E-state index < -0.39 is 23.8 Å². The molecule has 10 heteroatoms. The van der Waals surface area contributed by atoms with Gasteiger partial charge >= 0.3 is 12.2 Å². The minimum Gasteiger partial charge on any atom is -0.453 e. The number of hydrogen-bond donors (Lipinski definition) is 3. The van der Waals surface area contributed by atoms with Gasteiger partial charge in [-0.2, -0.15) is 5.10 Å². The second kappa shape index (κ2) is 10.5. The Morgan fingerprint density at radius 3 is 2.59 bits per heavy atom. The van der Waals surface area contributed by atoms with Crippen LogP contribution in [0.25, 0.3) is 16.6 Å². The molecule has 2 atom stereocenters. The Hall–Kier alpha value is -4.08. The molecule has 4 rings (SSSR count). The van der Waals surface area contributed by atoms with Crippen molar-refractivity contribution in [2.75, 3.05) is 17.7 Å². The van der Waals surface area contributed by atoms with Crippen LogP contribution in [0.3, 0.4) is 0 Å². The van der Waals surface area contributed by atoms with Gasteiger partial charge in [0.15, 0.2) is 0 Å². The lowest BCUT2D eigenvalue weighted by molar-refractivity contribution is -0.119. The molecule has 1 aliphatic rings. The number of anilines is 2. The molecule has 2 heterocycles. The maximum absolute atomic E-state index is 13.1. The summed E-state index contributed by atoms with van der Waals surface area (Å²) >= 11 is 0. The number of fused-ring (bicyclic) bond motifs is 7. The maximum Gasteiger partial charge on any atom is 0.411 e. The average Bonchev–Trinajstić information content (AvgIpc) is 3.21. The van der Waals surface area contributed by atoms with Gasteiger partial charge in [-0.1, -0.05) is 31.5 Å². The molecule has 3 aromatic rings. The topological polar surface area (TPSA) is 124 Å². The molecule has 37 heavy (non-hydrogen) atoms. The number of benzene rings is 2. The summed E-state index contributed by atoms with van der Waals surface area (Å²) in [5.74, 6) is -0.422. The molecule has 0 radical (unpaired) electrons. The van der Waals surface area contributed by atoms with Crippen LogP contribution in [0.5, 0.6) is 0 Å². The highest BCUT2D eigenvalue weighted by atomic mass is 16.6. The number of rotatable bonds is 2. The summed E-state index contributed by atoms with van der Waals surface area (Å²) in [4.78, 5) is 37.6. The number of alkyl carbamates (subject to hydrolysis) is 1. The fraction of sp³-hybridized carbons (Fsp3) is 0.407. The number of amides is 3. The second-order valence-electron chi connectivity index (χ2n) is 10.2. The molecule has 196 valence electrons. The van der Waals surface area contributed by atoms with E-state index in [0.717, 1.165) is 10.9 Å². The van der Waals surface area contributed by atoms with Crippen molar-refractivity contribution in [1.82, 2.24) is 15.1 Å². The molecule has 10 nitrogen and oxygen atoms in total. The molecule has 2 aromatic carbocycles. The lowest BCUT2D eigenvalue weighted by atomic mass is 9.98. The van der Waals surface area contributed by atoms with E-state index in [1.54, 1.807) is 22.9 Å². The Labute approximate surface area is 215 Å². The number of aromatic nitrogens is 2. The van der Waals surface area contributed by atoms with E-state index in [9.17, 15) is 14.4 Å². The molecule has 0 fully saturated rings. The van der Waals surface area contributed by atoms with E-state index in [-0.39, 0.29) is 11.8 Å². The van der Waals surface area contributed by atoms with Crippen LogP contribution in [0.2, 0.25) is 0 Å². The lowest BCUT2D eigenvalue weighted by Crippen LogP contribution is -2.35. The van der Waals surface area contributed by atoms with Crippen molar-refractivity contribution in [2.24, 2.45) is 5.92 Å². The second-order valence-corrected chi connectivity index (χ2v) is 10.2. The summed E-state index contributed by atoms with van der Waals surface area (Å²) < 4.78 is 12.0. The number of nitrogens with zero attached hydrogens (tertiary/aromatic N) is 2.